The van der Waals surface area contributed by atoms with E-state index in [2.05, 4.69) is 22.1 Å². The molecule has 1 atom stereocenters. The Bertz CT molecular complexity index is 1030. The van der Waals surface area contributed by atoms with Crippen molar-refractivity contribution in [3.63, 3.8) is 0 Å². The normalized spacial score (nSPS) is 24.2. The number of benzene rings is 1. The summed E-state index contributed by atoms with van der Waals surface area (Å²) in [6.07, 6.45) is 3.64. The van der Waals surface area contributed by atoms with Crippen molar-refractivity contribution < 1.29 is 23.5 Å². The van der Waals surface area contributed by atoms with Crippen LogP contribution < -0.4 is 10.6 Å². The van der Waals surface area contributed by atoms with Gasteiger partial charge in [0.05, 0.1) is 11.1 Å². The highest BCUT2D eigenvalue weighted by Gasteiger charge is 2.46. The molecule has 0 aliphatic heterocycles. The van der Waals surface area contributed by atoms with Crippen LogP contribution in [0.15, 0.2) is 18.2 Å². The smallest absolute Gasteiger partial charge is 0.338 e. The molecule has 0 bridgehead atoms. The van der Waals surface area contributed by atoms with Crippen molar-refractivity contribution in [3.05, 3.63) is 29.5 Å². The first-order valence-corrected chi connectivity index (χ1v) is 11.3. The van der Waals surface area contributed by atoms with Gasteiger partial charge in [0.1, 0.15) is 0 Å². The van der Waals surface area contributed by atoms with Gasteiger partial charge in [0.15, 0.2) is 0 Å². The Hall–Kier alpha value is -2.48. The number of carboxylic acids is 1. The molecular weight excluding hydrogens is 416 g/mol. The lowest BCUT2D eigenvalue weighted by molar-refractivity contribution is -0.114. The first-order chi connectivity index (χ1) is 15.1. The van der Waals surface area contributed by atoms with Gasteiger partial charge in [0, 0.05) is 54.7 Å². The molecule has 1 heterocycles. The summed E-state index contributed by atoms with van der Waals surface area (Å²) in [5, 5.41) is 16.7. The van der Waals surface area contributed by atoms with Gasteiger partial charge >= 0.3 is 5.97 Å². The molecule has 6 nitrogen and oxygen atoms in total. The Labute approximate surface area is 186 Å². The first kappa shape index (κ1) is 22.7. The zero-order valence-corrected chi connectivity index (χ0v) is 18.8. The van der Waals surface area contributed by atoms with Gasteiger partial charge in [-0.3, -0.25) is 4.79 Å². The molecule has 32 heavy (non-hydrogen) atoms. The van der Waals surface area contributed by atoms with E-state index in [1.54, 1.807) is 12.1 Å². The second kappa shape index (κ2) is 8.46. The van der Waals surface area contributed by atoms with E-state index in [0.717, 1.165) is 31.2 Å². The van der Waals surface area contributed by atoms with E-state index < -0.39 is 11.9 Å². The van der Waals surface area contributed by atoms with Crippen LogP contribution in [0.3, 0.4) is 0 Å². The molecule has 2 aliphatic rings. The Morgan fingerprint density at radius 1 is 1.16 bits per heavy atom. The molecule has 2 aliphatic carbocycles. The number of rotatable bonds is 6. The summed E-state index contributed by atoms with van der Waals surface area (Å²) in [7, 11) is 0. The number of anilines is 1. The molecule has 2 aromatic rings. The molecule has 0 radical (unpaired) electrons. The van der Waals surface area contributed by atoms with Gasteiger partial charge in [-0.05, 0) is 63.6 Å². The Morgan fingerprint density at radius 2 is 1.81 bits per heavy atom. The van der Waals surface area contributed by atoms with Crippen molar-refractivity contribution in [1.29, 1.82) is 0 Å². The maximum Gasteiger partial charge on any atom is 0.338 e. The predicted molar refractivity (Wildman–Crippen MR) is 119 cm³/mol. The number of carbonyl (C=O) groups is 2. The van der Waals surface area contributed by atoms with Crippen LogP contribution >= 0.6 is 0 Å². The Morgan fingerprint density at radius 3 is 2.38 bits per heavy atom. The monoisotopic (exact) mass is 447 g/mol. The van der Waals surface area contributed by atoms with Crippen molar-refractivity contribution in [1.82, 2.24) is 9.88 Å². The van der Waals surface area contributed by atoms with E-state index in [4.69, 9.17) is 0 Å². The number of nitrogens with one attached hydrogen (secondary N) is 2. The molecule has 1 aromatic carbocycles. The predicted octanol–water partition coefficient (Wildman–Crippen LogP) is 5.11. The van der Waals surface area contributed by atoms with Crippen molar-refractivity contribution in [3.8, 4) is 0 Å². The minimum absolute atomic E-state index is 0.0630. The number of amides is 1. The number of carbonyl (C=O) groups excluding carboxylic acids is 1. The Kier molecular flexibility index (Phi) is 6.00. The zero-order valence-electron chi connectivity index (χ0n) is 18.8. The molecule has 0 spiro atoms. The number of hydrogen-bond donors (Lipinski definition) is 3. The van der Waals surface area contributed by atoms with E-state index >= 15 is 0 Å². The van der Waals surface area contributed by atoms with Gasteiger partial charge in [-0.25, -0.2) is 13.6 Å². The van der Waals surface area contributed by atoms with E-state index in [1.807, 2.05) is 13.0 Å². The van der Waals surface area contributed by atoms with Crippen LogP contribution in [-0.2, 0) is 4.79 Å². The number of aromatic carboxylic acids is 1. The minimum Gasteiger partial charge on any atom is -0.478 e. The molecule has 0 unspecified atom stereocenters. The fourth-order valence-corrected chi connectivity index (χ4v) is 5.61. The topological polar surface area (TPSA) is 83.4 Å². The van der Waals surface area contributed by atoms with Gasteiger partial charge in [-0.15, -0.1) is 0 Å². The van der Waals surface area contributed by atoms with Gasteiger partial charge in [0.25, 0.3) is 5.92 Å². The number of hydrogen-bond acceptors (Lipinski definition) is 3. The van der Waals surface area contributed by atoms with Crippen molar-refractivity contribution >= 4 is 28.5 Å². The second-order valence-electron chi connectivity index (χ2n) is 9.53. The van der Waals surface area contributed by atoms with Crippen molar-refractivity contribution in [2.24, 2.45) is 5.92 Å². The quantitative estimate of drug-likeness (QED) is 0.574. The summed E-state index contributed by atoms with van der Waals surface area (Å²) in [6, 6.07) is 5.59. The van der Waals surface area contributed by atoms with Crippen LogP contribution in [0.1, 0.15) is 74.5 Å². The SMILES string of the molecule is CC(=O)Nc1ccc2c(C(=O)O)c(C)n([C@H](C)C3CCC(NC4CC(F)(F)C4)CC3)c2c1. The summed E-state index contributed by atoms with van der Waals surface area (Å²) >= 11 is 0. The van der Waals surface area contributed by atoms with Crippen LogP contribution in [0.5, 0.6) is 0 Å². The molecule has 8 heteroatoms. The fraction of sp³-hybridized carbons (Fsp3) is 0.583. The van der Waals surface area contributed by atoms with Gasteiger partial charge in [-0.1, -0.05) is 0 Å². The average molecular weight is 448 g/mol. The Balaban J connectivity index is 1.54. The summed E-state index contributed by atoms with van der Waals surface area (Å²) < 4.78 is 28.3. The highest BCUT2D eigenvalue weighted by Crippen LogP contribution is 2.41. The lowest BCUT2D eigenvalue weighted by Gasteiger charge is -2.41. The minimum atomic E-state index is -2.51. The number of fused-ring (bicyclic) bond motifs is 1. The largest absolute Gasteiger partial charge is 0.478 e. The molecule has 4 rings (SSSR count). The molecule has 1 amide bonds. The molecule has 0 saturated heterocycles. The number of halogens is 2. The zero-order chi connectivity index (χ0) is 23.2. The van der Waals surface area contributed by atoms with Crippen LogP contribution in [0.2, 0.25) is 0 Å². The summed E-state index contributed by atoms with van der Waals surface area (Å²) in [6.45, 7) is 5.40. The maximum absolute atomic E-state index is 13.1. The van der Waals surface area contributed by atoms with Crippen molar-refractivity contribution in [2.45, 2.75) is 83.3 Å². The van der Waals surface area contributed by atoms with E-state index in [0.29, 0.717) is 28.2 Å². The van der Waals surface area contributed by atoms with Gasteiger partial charge < -0.3 is 20.3 Å². The van der Waals surface area contributed by atoms with Gasteiger partial charge in [-0.2, -0.15) is 0 Å². The standard InChI is InChI=1S/C24H31F2N3O3/c1-13(16-4-6-17(7-5-16)28-19-11-24(25,26)12-19)29-14(2)22(23(31)32)20-9-8-18(10-21(20)29)27-15(3)30/h8-10,13,16-17,19,28H,4-7,11-12H2,1-3H3,(H,27,30)(H,31,32)/t13-,16?,17?/m1/s1. The first-order valence-electron chi connectivity index (χ1n) is 11.3. The lowest BCUT2D eigenvalue weighted by atomic mass is 9.80. The third kappa shape index (κ3) is 4.37. The molecule has 2 saturated carbocycles. The van der Waals surface area contributed by atoms with E-state index in [1.165, 1.54) is 6.92 Å². The van der Waals surface area contributed by atoms with Crippen LogP contribution in [0, 0.1) is 12.8 Å². The molecule has 1 aromatic heterocycles. The fourth-order valence-electron chi connectivity index (χ4n) is 5.61. The summed E-state index contributed by atoms with van der Waals surface area (Å²) in [4.78, 5) is 23.5. The molecule has 174 valence electrons. The van der Waals surface area contributed by atoms with Crippen LogP contribution in [0.25, 0.3) is 10.9 Å². The molecule has 2 fully saturated rings. The van der Waals surface area contributed by atoms with E-state index in [9.17, 15) is 23.5 Å². The lowest BCUT2D eigenvalue weighted by Crippen LogP contribution is -2.52. The van der Waals surface area contributed by atoms with Crippen molar-refractivity contribution in [2.75, 3.05) is 5.32 Å². The number of nitrogens with zero attached hydrogens (tertiary/aromatic N) is 1. The van der Waals surface area contributed by atoms with Crippen LogP contribution in [-0.4, -0.2) is 39.6 Å². The summed E-state index contributed by atoms with van der Waals surface area (Å²) in [5.41, 5.74) is 2.44. The highest BCUT2D eigenvalue weighted by molar-refractivity contribution is 6.06. The third-order valence-corrected chi connectivity index (χ3v) is 7.21. The molecular formula is C24H31F2N3O3. The average Bonchev–Trinajstić information content (AvgIpc) is 2.97. The maximum atomic E-state index is 13.1. The number of aromatic nitrogens is 1. The van der Waals surface area contributed by atoms with E-state index in [-0.39, 0.29) is 36.9 Å². The second-order valence-corrected chi connectivity index (χ2v) is 9.53. The van der Waals surface area contributed by atoms with Crippen LogP contribution in [0.4, 0.5) is 14.5 Å². The van der Waals surface area contributed by atoms with Gasteiger partial charge in [0.2, 0.25) is 5.91 Å². The number of carboxylic acid groups (broad SMARTS) is 1. The highest BCUT2D eigenvalue weighted by atomic mass is 19.3. The summed E-state index contributed by atoms with van der Waals surface area (Å²) in [5.74, 6) is -3.29. The molecule has 3 N–H and O–H groups in total. The number of alkyl halides is 2. The third-order valence-electron chi connectivity index (χ3n) is 7.21.